The van der Waals surface area contributed by atoms with E-state index in [9.17, 15) is 4.79 Å². The molecule has 130 valence electrons. The molecule has 7 heteroatoms. The lowest BCUT2D eigenvalue weighted by atomic mass is 10.1. The lowest BCUT2D eigenvalue weighted by Crippen LogP contribution is -2.35. The van der Waals surface area contributed by atoms with Gasteiger partial charge in [0.1, 0.15) is 6.33 Å². The van der Waals surface area contributed by atoms with E-state index in [1.165, 1.54) is 0 Å². The fourth-order valence-electron chi connectivity index (χ4n) is 2.64. The van der Waals surface area contributed by atoms with Gasteiger partial charge in [-0.05, 0) is 18.2 Å². The molecule has 0 spiro atoms. The van der Waals surface area contributed by atoms with Crippen molar-refractivity contribution < 1.29 is 14.3 Å². The monoisotopic (exact) mass is 340 g/mol. The zero-order valence-electron chi connectivity index (χ0n) is 14.4. The summed E-state index contributed by atoms with van der Waals surface area (Å²) in [5.41, 5.74) is 5.33. The van der Waals surface area contributed by atoms with Crippen LogP contribution >= 0.6 is 0 Å². The van der Waals surface area contributed by atoms with E-state index in [4.69, 9.17) is 9.47 Å². The van der Waals surface area contributed by atoms with Crippen LogP contribution in [0.1, 0.15) is 5.56 Å². The number of hydrogen-bond acceptors (Lipinski definition) is 4. The Kier molecular flexibility index (Phi) is 4.74. The summed E-state index contributed by atoms with van der Waals surface area (Å²) in [5, 5.41) is 0. The quantitative estimate of drug-likeness (QED) is 0.775. The van der Waals surface area contributed by atoms with Gasteiger partial charge in [-0.1, -0.05) is 24.3 Å². The van der Waals surface area contributed by atoms with Crippen LogP contribution in [0.3, 0.4) is 0 Å². The standard InChI is InChI=1S/C18H20N4O3/c1-21(11-13-7-6-10-16(24-2)17(13)25-3)18(23)20-22-12-19-14-8-4-5-9-15(14)22/h4-10,12H,11H2,1-3H3,(H,20,23). The van der Waals surface area contributed by atoms with E-state index in [1.54, 1.807) is 37.2 Å². The molecule has 0 atom stereocenters. The van der Waals surface area contributed by atoms with Gasteiger partial charge < -0.3 is 14.4 Å². The second-order valence-corrected chi connectivity index (χ2v) is 5.53. The van der Waals surface area contributed by atoms with Gasteiger partial charge in [-0.25, -0.2) is 19.9 Å². The number of urea groups is 1. The van der Waals surface area contributed by atoms with Crippen LogP contribution in [-0.2, 0) is 6.54 Å². The SMILES string of the molecule is COc1cccc(CN(C)C(=O)Nn2cnc3ccccc32)c1OC. The van der Waals surface area contributed by atoms with Gasteiger partial charge in [0.2, 0.25) is 0 Å². The average Bonchev–Trinajstić information content (AvgIpc) is 3.04. The largest absolute Gasteiger partial charge is 0.493 e. The number of benzene rings is 2. The van der Waals surface area contributed by atoms with Crippen molar-refractivity contribution in [2.45, 2.75) is 6.54 Å². The molecule has 3 rings (SSSR count). The molecule has 0 aliphatic heterocycles. The van der Waals surface area contributed by atoms with Crippen molar-refractivity contribution in [3.63, 3.8) is 0 Å². The summed E-state index contributed by atoms with van der Waals surface area (Å²) in [5.74, 6) is 1.26. The second kappa shape index (κ2) is 7.12. The number of rotatable bonds is 5. The number of imidazole rings is 1. The van der Waals surface area contributed by atoms with Crippen LogP contribution in [0.2, 0.25) is 0 Å². The molecule has 1 aromatic heterocycles. The maximum atomic E-state index is 12.5. The van der Waals surface area contributed by atoms with Crippen LogP contribution in [0.15, 0.2) is 48.8 Å². The topological polar surface area (TPSA) is 68.6 Å². The number of aromatic nitrogens is 2. The predicted molar refractivity (Wildman–Crippen MR) is 95.5 cm³/mol. The maximum absolute atomic E-state index is 12.5. The van der Waals surface area contributed by atoms with Crippen LogP contribution < -0.4 is 14.9 Å². The smallest absolute Gasteiger partial charge is 0.336 e. The molecular weight excluding hydrogens is 320 g/mol. The van der Waals surface area contributed by atoms with E-state index < -0.39 is 0 Å². The van der Waals surface area contributed by atoms with E-state index >= 15 is 0 Å². The van der Waals surface area contributed by atoms with E-state index in [0.29, 0.717) is 18.0 Å². The number of carbonyl (C=O) groups excluding carboxylic acids is 1. The summed E-state index contributed by atoms with van der Waals surface area (Å²) in [6.45, 7) is 0.374. The van der Waals surface area contributed by atoms with Crippen molar-refractivity contribution in [3.8, 4) is 11.5 Å². The molecule has 0 saturated carbocycles. The Balaban J connectivity index is 1.75. The van der Waals surface area contributed by atoms with Crippen LogP contribution in [0.25, 0.3) is 11.0 Å². The first kappa shape index (κ1) is 16.6. The fraction of sp³-hybridized carbons (Fsp3) is 0.222. The lowest BCUT2D eigenvalue weighted by molar-refractivity contribution is 0.217. The minimum Gasteiger partial charge on any atom is -0.493 e. The molecule has 0 bridgehead atoms. The van der Waals surface area contributed by atoms with Crippen LogP contribution in [-0.4, -0.2) is 41.9 Å². The van der Waals surface area contributed by atoms with Gasteiger partial charge in [0.05, 0.1) is 31.8 Å². The van der Waals surface area contributed by atoms with Gasteiger partial charge in [-0.15, -0.1) is 0 Å². The number of amides is 2. The summed E-state index contributed by atoms with van der Waals surface area (Å²) in [4.78, 5) is 18.3. The van der Waals surface area contributed by atoms with Gasteiger partial charge in [-0.2, -0.15) is 0 Å². The first-order valence-electron chi connectivity index (χ1n) is 7.78. The lowest BCUT2D eigenvalue weighted by Gasteiger charge is -2.20. The highest BCUT2D eigenvalue weighted by Gasteiger charge is 2.15. The Morgan fingerprint density at radius 2 is 1.96 bits per heavy atom. The van der Waals surface area contributed by atoms with Crippen molar-refractivity contribution in [3.05, 3.63) is 54.4 Å². The Morgan fingerprint density at radius 3 is 2.72 bits per heavy atom. The first-order valence-corrected chi connectivity index (χ1v) is 7.78. The van der Waals surface area contributed by atoms with Crippen molar-refractivity contribution >= 4 is 17.1 Å². The number of ether oxygens (including phenoxy) is 2. The van der Waals surface area contributed by atoms with Gasteiger partial charge in [0.15, 0.2) is 11.5 Å². The van der Waals surface area contributed by atoms with Crippen molar-refractivity contribution in [2.75, 3.05) is 26.7 Å². The van der Waals surface area contributed by atoms with Crippen molar-refractivity contribution in [1.82, 2.24) is 14.6 Å². The average molecular weight is 340 g/mol. The van der Waals surface area contributed by atoms with E-state index in [0.717, 1.165) is 16.6 Å². The highest BCUT2D eigenvalue weighted by atomic mass is 16.5. The number of nitrogens with zero attached hydrogens (tertiary/aromatic N) is 3. The number of fused-ring (bicyclic) bond motifs is 1. The molecular formula is C18H20N4O3. The summed E-state index contributed by atoms with van der Waals surface area (Å²) in [6.07, 6.45) is 1.59. The second-order valence-electron chi connectivity index (χ2n) is 5.53. The fourth-order valence-corrected chi connectivity index (χ4v) is 2.64. The van der Waals surface area contributed by atoms with Gasteiger partial charge in [-0.3, -0.25) is 0 Å². The minimum absolute atomic E-state index is 0.256. The highest BCUT2D eigenvalue weighted by molar-refractivity contribution is 5.85. The first-order chi connectivity index (χ1) is 12.1. The van der Waals surface area contributed by atoms with Crippen LogP contribution in [0.5, 0.6) is 11.5 Å². The van der Waals surface area contributed by atoms with E-state index in [2.05, 4.69) is 10.4 Å². The molecule has 2 amide bonds. The zero-order chi connectivity index (χ0) is 17.8. The van der Waals surface area contributed by atoms with Crippen LogP contribution in [0.4, 0.5) is 4.79 Å². The Bertz CT molecular complexity index is 891. The Hall–Kier alpha value is -3.22. The molecule has 0 unspecified atom stereocenters. The molecule has 3 aromatic rings. The van der Waals surface area contributed by atoms with E-state index in [1.807, 2.05) is 42.5 Å². The third kappa shape index (κ3) is 3.35. The molecule has 0 fully saturated rings. The van der Waals surface area contributed by atoms with Crippen LogP contribution in [0, 0.1) is 0 Å². The molecule has 0 saturated heterocycles. The Morgan fingerprint density at radius 1 is 1.16 bits per heavy atom. The number of nitrogens with one attached hydrogen (secondary N) is 1. The van der Waals surface area contributed by atoms with E-state index in [-0.39, 0.29) is 6.03 Å². The number of carbonyl (C=O) groups is 1. The Labute approximate surface area is 145 Å². The van der Waals surface area contributed by atoms with Gasteiger partial charge in [0, 0.05) is 12.6 Å². The molecule has 0 aliphatic rings. The van der Waals surface area contributed by atoms with Gasteiger partial charge in [0.25, 0.3) is 0 Å². The summed E-state index contributed by atoms with van der Waals surface area (Å²) in [7, 11) is 4.88. The number of para-hydroxylation sites is 3. The predicted octanol–water partition coefficient (Wildman–Crippen LogP) is 2.85. The highest BCUT2D eigenvalue weighted by Crippen LogP contribution is 2.31. The maximum Gasteiger partial charge on any atom is 0.336 e. The van der Waals surface area contributed by atoms with Crippen molar-refractivity contribution in [2.24, 2.45) is 0 Å². The normalized spacial score (nSPS) is 10.5. The molecule has 7 nitrogen and oxygen atoms in total. The third-order valence-corrected chi connectivity index (χ3v) is 3.91. The molecule has 1 N–H and O–H groups in total. The number of methoxy groups -OCH3 is 2. The summed E-state index contributed by atoms with van der Waals surface area (Å²) < 4.78 is 12.3. The van der Waals surface area contributed by atoms with Gasteiger partial charge >= 0.3 is 6.03 Å². The minimum atomic E-state index is -0.256. The zero-order valence-corrected chi connectivity index (χ0v) is 14.4. The summed E-state index contributed by atoms with van der Waals surface area (Å²) >= 11 is 0. The third-order valence-electron chi connectivity index (χ3n) is 3.91. The molecule has 25 heavy (non-hydrogen) atoms. The van der Waals surface area contributed by atoms with Crippen molar-refractivity contribution in [1.29, 1.82) is 0 Å². The molecule has 0 aliphatic carbocycles. The number of hydrogen-bond donors (Lipinski definition) is 1. The summed E-state index contributed by atoms with van der Waals surface area (Å²) in [6, 6.07) is 12.9. The molecule has 0 radical (unpaired) electrons. The molecule has 2 aromatic carbocycles. The molecule has 1 heterocycles.